The van der Waals surface area contributed by atoms with Crippen molar-refractivity contribution in [1.82, 2.24) is 10.6 Å². The van der Waals surface area contributed by atoms with Crippen molar-refractivity contribution >= 4 is 12.0 Å². The van der Waals surface area contributed by atoms with Gasteiger partial charge in [0.25, 0.3) is 0 Å². The van der Waals surface area contributed by atoms with Gasteiger partial charge < -0.3 is 15.4 Å². The van der Waals surface area contributed by atoms with E-state index in [0.717, 1.165) is 18.4 Å². The molecule has 0 unspecified atom stereocenters. The van der Waals surface area contributed by atoms with Gasteiger partial charge in [-0.1, -0.05) is 49.6 Å². The minimum atomic E-state index is -0.750. The Morgan fingerprint density at radius 1 is 1.12 bits per heavy atom. The maximum atomic E-state index is 12.7. The van der Waals surface area contributed by atoms with Crippen molar-refractivity contribution in [3.63, 3.8) is 0 Å². The van der Waals surface area contributed by atoms with E-state index in [2.05, 4.69) is 10.6 Å². The van der Waals surface area contributed by atoms with Crippen molar-refractivity contribution in [2.24, 2.45) is 5.92 Å². The monoisotopic (exact) mass is 346 g/mol. The van der Waals surface area contributed by atoms with Crippen LogP contribution in [0.3, 0.4) is 0 Å². The maximum Gasteiger partial charge on any atom is 0.408 e. The molecular weight excluding hydrogens is 316 g/mol. The first kappa shape index (κ1) is 19.3. The van der Waals surface area contributed by atoms with Crippen LogP contribution in [-0.2, 0) is 9.53 Å². The number of carbonyl (C=O) groups excluding carboxylic acids is 2. The quantitative estimate of drug-likeness (QED) is 0.848. The van der Waals surface area contributed by atoms with E-state index >= 15 is 0 Å². The number of rotatable bonds is 5. The summed E-state index contributed by atoms with van der Waals surface area (Å²) >= 11 is 0. The zero-order valence-corrected chi connectivity index (χ0v) is 15.5. The van der Waals surface area contributed by atoms with Gasteiger partial charge in [-0.2, -0.15) is 0 Å². The van der Waals surface area contributed by atoms with Gasteiger partial charge in [0.2, 0.25) is 5.91 Å². The van der Waals surface area contributed by atoms with Crippen LogP contribution in [0.4, 0.5) is 4.79 Å². The molecule has 1 aliphatic rings. The van der Waals surface area contributed by atoms with Crippen molar-refractivity contribution in [1.29, 1.82) is 0 Å². The minimum Gasteiger partial charge on any atom is -0.444 e. The number of carbonyl (C=O) groups is 2. The second-order valence-corrected chi connectivity index (χ2v) is 7.74. The first-order valence-corrected chi connectivity index (χ1v) is 9.17. The van der Waals surface area contributed by atoms with Gasteiger partial charge >= 0.3 is 6.09 Å². The average Bonchev–Trinajstić information content (AvgIpc) is 2.58. The first-order chi connectivity index (χ1) is 11.8. The predicted octanol–water partition coefficient (Wildman–Crippen LogP) is 3.95. The van der Waals surface area contributed by atoms with Gasteiger partial charge in [-0.3, -0.25) is 4.79 Å². The van der Waals surface area contributed by atoms with Crippen molar-refractivity contribution in [3.05, 3.63) is 35.9 Å². The van der Waals surface area contributed by atoms with Crippen molar-refractivity contribution in [3.8, 4) is 0 Å². The molecule has 1 saturated carbocycles. The Morgan fingerprint density at radius 2 is 1.76 bits per heavy atom. The molecule has 1 aromatic carbocycles. The zero-order chi connectivity index (χ0) is 18.3. The molecule has 0 spiro atoms. The van der Waals surface area contributed by atoms with Gasteiger partial charge in [0, 0.05) is 6.54 Å². The smallest absolute Gasteiger partial charge is 0.408 e. The van der Waals surface area contributed by atoms with E-state index in [4.69, 9.17) is 4.74 Å². The lowest BCUT2D eigenvalue weighted by atomic mass is 9.89. The van der Waals surface area contributed by atoms with E-state index in [9.17, 15) is 9.59 Å². The van der Waals surface area contributed by atoms with Crippen LogP contribution in [-0.4, -0.2) is 24.1 Å². The Labute approximate surface area is 150 Å². The summed E-state index contributed by atoms with van der Waals surface area (Å²) in [6, 6.07) is 8.51. The summed E-state index contributed by atoms with van der Waals surface area (Å²) < 4.78 is 5.30. The van der Waals surface area contributed by atoms with Crippen molar-refractivity contribution in [2.75, 3.05) is 6.54 Å². The number of alkyl carbamates (subject to hydrolysis) is 1. The molecule has 5 nitrogen and oxygen atoms in total. The molecule has 138 valence electrons. The fourth-order valence-corrected chi connectivity index (χ4v) is 3.11. The van der Waals surface area contributed by atoms with Crippen LogP contribution in [0.25, 0.3) is 0 Å². The third-order valence-corrected chi connectivity index (χ3v) is 4.35. The van der Waals surface area contributed by atoms with Crippen LogP contribution >= 0.6 is 0 Å². The molecule has 1 aromatic rings. The molecule has 0 heterocycles. The molecule has 0 saturated heterocycles. The standard InChI is InChI=1S/C20H30N2O3/c1-20(2,3)25-19(24)22-17(16-12-8-5-9-13-16)18(23)21-14-15-10-6-4-7-11-15/h5,8-9,12-13,15,17H,4,6-7,10-11,14H2,1-3H3,(H,21,23)(H,22,24)/t17-/m1/s1. The lowest BCUT2D eigenvalue weighted by molar-refractivity contribution is -0.123. The summed E-state index contributed by atoms with van der Waals surface area (Å²) in [7, 11) is 0. The third kappa shape index (κ3) is 6.77. The number of hydrogen-bond donors (Lipinski definition) is 2. The molecule has 0 radical (unpaired) electrons. The fraction of sp³-hybridized carbons (Fsp3) is 0.600. The highest BCUT2D eigenvalue weighted by Crippen LogP contribution is 2.23. The normalized spacial score (nSPS) is 16.8. The highest BCUT2D eigenvalue weighted by molar-refractivity contribution is 5.86. The first-order valence-electron chi connectivity index (χ1n) is 9.17. The molecule has 1 atom stereocenters. The van der Waals surface area contributed by atoms with Gasteiger partial charge in [-0.05, 0) is 45.1 Å². The van der Waals surface area contributed by atoms with Gasteiger partial charge in [0.15, 0.2) is 0 Å². The maximum absolute atomic E-state index is 12.7. The summed E-state index contributed by atoms with van der Waals surface area (Å²) in [4.78, 5) is 24.8. The largest absolute Gasteiger partial charge is 0.444 e. The number of nitrogens with one attached hydrogen (secondary N) is 2. The molecule has 1 aliphatic carbocycles. The molecule has 0 aromatic heterocycles. The summed E-state index contributed by atoms with van der Waals surface area (Å²) in [5, 5.41) is 5.71. The Kier molecular flexibility index (Phi) is 6.85. The fourth-order valence-electron chi connectivity index (χ4n) is 3.11. The summed E-state index contributed by atoms with van der Waals surface area (Å²) in [5.41, 5.74) is 0.138. The molecule has 0 bridgehead atoms. The zero-order valence-electron chi connectivity index (χ0n) is 15.5. The van der Waals surface area contributed by atoms with Crippen LogP contribution in [0.15, 0.2) is 30.3 Å². The average molecular weight is 346 g/mol. The van der Waals surface area contributed by atoms with Crippen LogP contribution in [0.2, 0.25) is 0 Å². The molecular formula is C20H30N2O3. The molecule has 25 heavy (non-hydrogen) atoms. The Morgan fingerprint density at radius 3 is 2.36 bits per heavy atom. The highest BCUT2D eigenvalue weighted by Gasteiger charge is 2.26. The number of hydrogen-bond acceptors (Lipinski definition) is 3. The van der Waals surface area contributed by atoms with Gasteiger partial charge in [0.1, 0.15) is 11.6 Å². The number of benzene rings is 1. The molecule has 2 N–H and O–H groups in total. The molecule has 2 amide bonds. The minimum absolute atomic E-state index is 0.192. The van der Waals surface area contributed by atoms with Gasteiger partial charge in [-0.15, -0.1) is 0 Å². The van der Waals surface area contributed by atoms with Crippen molar-refractivity contribution < 1.29 is 14.3 Å². The van der Waals surface area contributed by atoms with E-state index in [1.807, 2.05) is 30.3 Å². The number of amides is 2. The van der Waals surface area contributed by atoms with Gasteiger partial charge in [-0.25, -0.2) is 4.79 Å². The van der Waals surface area contributed by atoms with E-state index in [-0.39, 0.29) is 5.91 Å². The van der Waals surface area contributed by atoms with Gasteiger partial charge in [0.05, 0.1) is 0 Å². The van der Waals surface area contributed by atoms with Crippen LogP contribution in [0.1, 0.15) is 64.5 Å². The van der Waals surface area contributed by atoms with E-state index < -0.39 is 17.7 Å². The Balaban J connectivity index is 2.00. The van der Waals surface area contributed by atoms with E-state index in [0.29, 0.717) is 12.5 Å². The van der Waals surface area contributed by atoms with Crippen molar-refractivity contribution in [2.45, 2.75) is 64.5 Å². The van der Waals surface area contributed by atoms with E-state index in [1.54, 1.807) is 20.8 Å². The highest BCUT2D eigenvalue weighted by atomic mass is 16.6. The van der Waals surface area contributed by atoms with Crippen LogP contribution < -0.4 is 10.6 Å². The third-order valence-electron chi connectivity index (χ3n) is 4.35. The molecule has 0 aliphatic heterocycles. The van der Waals surface area contributed by atoms with E-state index in [1.165, 1.54) is 19.3 Å². The summed E-state index contributed by atoms with van der Waals surface area (Å²) in [6.07, 6.45) is 5.50. The predicted molar refractivity (Wildman–Crippen MR) is 98.1 cm³/mol. The lowest BCUT2D eigenvalue weighted by Crippen LogP contribution is -2.43. The molecule has 2 rings (SSSR count). The lowest BCUT2D eigenvalue weighted by Gasteiger charge is -2.25. The SMILES string of the molecule is CC(C)(C)OC(=O)N[C@@H](C(=O)NCC1CCCCC1)c1ccccc1. The molecule has 1 fully saturated rings. The second-order valence-electron chi connectivity index (χ2n) is 7.74. The molecule has 5 heteroatoms. The van der Waals surface area contributed by atoms with Crippen LogP contribution in [0, 0.1) is 5.92 Å². The van der Waals surface area contributed by atoms with Crippen LogP contribution in [0.5, 0.6) is 0 Å². The second kappa shape index (κ2) is 8.88. The Bertz CT molecular complexity index is 560. The Hall–Kier alpha value is -2.04. The number of ether oxygens (including phenoxy) is 1. The topological polar surface area (TPSA) is 67.4 Å². The summed E-state index contributed by atoms with van der Waals surface area (Å²) in [6.45, 7) is 6.06. The summed E-state index contributed by atoms with van der Waals surface area (Å²) in [5.74, 6) is 0.346.